The van der Waals surface area contributed by atoms with Crippen LogP contribution in [-0.2, 0) is 9.47 Å². The van der Waals surface area contributed by atoms with Gasteiger partial charge < -0.3 is 9.47 Å². The Morgan fingerprint density at radius 2 is 1.11 bits per heavy atom. The highest BCUT2D eigenvalue weighted by atomic mass is 16.5. The third-order valence-corrected chi connectivity index (χ3v) is 4.35. The van der Waals surface area contributed by atoms with E-state index >= 15 is 0 Å². The molecule has 0 saturated carbocycles. The van der Waals surface area contributed by atoms with Gasteiger partial charge in [-0.1, -0.05) is 25.7 Å². The number of ether oxygens (including phenoxy) is 2. The fourth-order valence-electron chi connectivity index (χ4n) is 3.17. The zero-order chi connectivity index (χ0) is 12.5. The minimum absolute atomic E-state index is 0.584. The highest BCUT2D eigenvalue weighted by Gasteiger charge is 2.14. The van der Waals surface area contributed by atoms with Gasteiger partial charge in [-0.05, 0) is 51.4 Å². The first-order valence-corrected chi connectivity index (χ1v) is 8.18. The van der Waals surface area contributed by atoms with Crippen molar-refractivity contribution >= 4 is 0 Å². The third-order valence-electron chi connectivity index (χ3n) is 4.35. The highest BCUT2D eigenvalue weighted by Crippen LogP contribution is 2.21. The summed E-state index contributed by atoms with van der Waals surface area (Å²) in [6.45, 7) is 2.01. The van der Waals surface area contributed by atoms with Crippen LogP contribution >= 0.6 is 0 Å². The summed E-state index contributed by atoms with van der Waals surface area (Å²) in [7, 11) is 0. The first kappa shape index (κ1) is 14.3. The van der Waals surface area contributed by atoms with E-state index in [9.17, 15) is 0 Å². The molecule has 2 heteroatoms. The van der Waals surface area contributed by atoms with Gasteiger partial charge in [0.25, 0.3) is 0 Å². The smallest absolute Gasteiger partial charge is 0.0575 e. The predicted molar refractivity (Wildman–Crippen MR) is 74.9 cm³/mol. The average Bonchev–Trinajstić information content (AvgIpc) is 2.45. The molecule has 2 rings (SSSR count). The van der Waals surface area contributed by atoms with Gasteiger partial charge >= 0.3 is 0 Å². The molecule has 0 N–H and O–H groups in total. The van der Waals surface area contributed by atoms with Gasteiger partial charge in [0.1, 0.15) is 0 Å². The summed E-state index contributed by atoms with van der Waals surface area (Å²) in [5, 5.41) is 0. The molecule has 18 heavy (non-hydrogen) atoms. The van der Waals surface area contributed by atoms with Crippen molar-refractivity contribution in [1.29, 1.82) is 0 Å². The van der Waals surface area contributed by atoms with Crippen LogP contribution in [0.25, 0.3) is 0 Å². The molecule has 2 atom stereocenters. The van der Waals surface area contributed by atoms with Crippen LogP contribution in [0, 0.1) is 0 Å². The van der Waals surface area contributed by atoms with Crippen LogP contribution in [0.15, 0.2) is 0 Å². The summed E-state index contributed by atoms with van der Waals surface area (Å²) in [6, 6.07) is 0. The molecular formula is C16H30O2. The summed E-state index contributed by atoms with van der Waals surface area (Å²) in [5.74, 6) is 0. The largest absolute Gasteiger partial charge is 0.378 e. The lowest BCUT2D eigenvalue weighted by molar-refractivity contribution is 0.00746. The average molecular weight is 254 g/mol. The van der Waals surface area contributed by atoms with E-state index in [0.717, 1.165) is 13.2 Å². The second kappa shape index (κ2) is 8.92. The van der Waals surface area contributed by atoms with Gasteiger partial charge in [0.2, 0.25) is 0 Å². The Balaban J connectivity index is 1.39. The Labute approximate surface area is 112 Å². The number of hydrogen-bond donors (Lipinski definition) is 0. The van der Waals surface area contributed by atoms with Crippen molar-refractivity contribution < 1.29 is 9.47 Å². The topological polar surface area (TPSA) is 18.5 Å². The van der Waals surface area contributed by atoms with Crippen LogP contribution < -0.4 is 0 Å². The fourth-order valence-corrected chi connectivity index (χ4v) is 3.17. The summed E-state index contributed by atoms with van der Waals surface area (Å²) < 4.78 is 11.5. The normalized spacial score (nSPS) is 29.3. The maximum absolute atomic E-state index is 5.76. The predicted octanol–water partition coefficient (Wildman–Crippen LogP) is 4.47. The molecule has 0 amide bonds. The van der Waals surface area contributed by atoms with Crippen molar-refractivity contribution in [3.8, 4) is 0 Å². The quantitative estimate of drug-likeness (QED) is 0.624. The summed E-state index contributed by atoms with van der Waals surface area (Å²) >= 11 is 0. The van der Waals surface area contributed by atoms with E-state index < -0.39 is 0 Å². The molecule has 2 fully saturated rings. The Bertz CT molecular complexity index is 171. The Morgan fingerprint density at radius 1 is 0.611 bits per heavy atom. The van der Waals surface area contributed by atoms with E-state index in [4.69, 9.17) is 9.47 Å². The molecule has 2 aliphatic rings. The van der Waals surface area contributed by atoms with E-state index in [1.54, 1.807) is 0 Å². The molecule has 0 aliphatic carbocycles. The van der Waals surface area contributed by atoms with Gasteiger partial charge in [-0.15, -0.1) is 0 Å². The van der Waals surface area contributed by atoms with E-state index in [1.165, 1.54) is 77.0 Å². The molecule has 0 aromatic carbocycles. The molecule has 106 valence electrons. The van der Waals surface area contributed by atoms with Gasteiger partial charge in [0.05, 0.1) is 12.2 Å². The molecular weight excluding hydrogens is 224 g/mol. The van der Waals surface area contributed by atoms with Gasteiger partial charge in [0, 0.05) is 13.2 Å². The zero-order valence-corrected chi connectivity index (χ0v) is 11.9. The van der Waals surface area contributed by atoms with Crippen molar-refractivity contribution in [3.63, 3.8) is 0 Å². The van der Waals surface area contributed by atoms with Gasteiger partial charge in [0.15, 0.2) is 0 Å². The van der Waals surface area contributed by atoms with Crippen molar-refractivity contribution in [2.24, 2.45) is 0 Å². The Morgan fingerprint density at radius 3 is 1.50 bits per heavy atom. The van der Waals surface area contributed by atoms with Crippen LogP contribution in [0.1, 0.15) is 77.0 Å². The van der Waals surface area contributed by atoms with Crippen LogP contribution in [0.3, 0.4) is 0 Å². The van der Waals surface area contributed by atoms with E-state index in [2.05, 4.69) is 0 Å². The third kappa shape index (κ3) is 5.71. The van der Waals surface area contributed by atoms with Crippen molar-refractivity contribution in [3.05, 3.63) is 0 Å². The van der Waals surface area contributed by atoms with Crippen molar-refractivity contribution in [1.82, 2.24) is 0 Å². The maximum Gasteiger partial charge on any atom is 0.0575 e. The molecule has 0 aromatic heterocycles. The lowest BCUT2D eigenvalue weighted by atomic mass is 10.00. The summed E-state index contributed by atoms with van der Waals surface area (Å²) in [4.78, 5) is 0. The van der Waals surface area contributed by atoms with E-state index in [0.29, 0.717) is 12.2 Å². The molecule has 2 nitrogen and oxygen atoms in total. The van der Waals surface area contributed by atoms with Crippen molar-refractivity contribution in [2.75, 3.05) is 13.2 Å². The molecule has 2 saturated heterocycles. The lowest BCUT2D eigenvalue weighted by Crippen LogP contribution is -2.19. The molecule has 0 bridgehead atoms. The van der Waals surface area contributed by atoms with Crippen LogP contribution in [0.2, 0.25) is 0 Å². The fraction of sp³-hybridized carbons (Fsp3) is 1.00. The standard InChI is InChI=1S/C16H30O2/c1(3-9-15-11-5-7-13-17-15)2-4-10-16-12-6-8-14-18-16/h15-16H,1-14H2. The second-order valence-electron chi connectivity index (χ2n) is 5.97. The number of unbranched alkanes of at least 4 members (excludes halogenated alkanes) is 3. The molecule has 2 aliphatic heterocycles. The molecule has 2 unspecified atom stereocenters. The Hall–Kier alpha value is -0.0800. The molecule has 2 heterocycles. The van der Waals surface area contributed by atoms with Gasteiger partial charge in [-0.2, -0.15) is 0 Å². The monoisotopic (exact) mass is 254 g/mol. The lowest BCUT2D eigenvalue weighted by Gasteiger charge is -2.23. The van der Waals surface area contributed by atoms with E-state index in [-0.39, 0.29) is 0 Å². The molecule has 0 radical (unpaired) electrons. The van der Waals surface area contributed by atoms with Gasteiger partial charge in [-0.3, -0.25) is 0 Å². The minimum atomic E-state index is 0.584. The highest BCUT2D eigenvalue weighted by molar-refractivity contribution is 4.65. The maximum atomic E-state index is 5.76. The van der Waals surface area contributed by atoms with Crippen LogP contribution in [0.5, 0.6) is 0 Å². The van der Waals surface area contributed by atoms with Crippen LogP contribution in [0.4, 0.5) is 0 Å². The van der Waals surface area contributed by atoms with Crippen molar-refractivity contribution in [2.45, 2.75) is 89.3 Å². The molecule has 0 spiro atoms. The second-order valence-corrected chi connectivity index (χ2v) is 5.97. The number of rotatable bonds is 7. The first-order chi connectivity index (χ1) is 8.95. The molecule has 0 aromatic rings. The Kier molecular flexibility index (Phi) is 7.11. The number of hydrogen-bond acceptors (Lipinski definition) is 2. The van der Waals surface area contributed by atoms with Gasteiger partial charge in [-0.25, -0.2) is 0 Å². The SMILES string of the molecule is C(CCCC1CCCCO1)CCC1CCCCO1. The zero-order valence-electron chi connectivity index (χ0n) is 11.9. The van der Waals surface area contributed by atoms with Crippen LogP contribution in [-0.4, -0.2) is 25.4 Å². The minimum Gasteiger partial charge on any atom is -0.378 e. The van der Waals surface area contributed by atoms with E-state index in [1.807, 2.05) is 0 Å². The summed E-state index contributed by atoms with van der Waals surface area (Å²) in [5.41, 5.74) is 0. The summed E-state index contributed by atoms with van der Waals surface area (Å²) in [6.07, 6.45) is 17.1. The first-order valence-electron chi connectivity index (χ1n) is 8.18.